The van der Waals surface area contributed by atoms with Gasteiger partial charge in [-0.1, -0.05) is 11.6 Å². The fraction of sp³-hybridized carbons (Fsp3) is 0.474. The summed E-state index contributed by atoms with van der Waals surface area (Å²) in [4.78, 5) is 27.2. The van der Waals surface area contributed by atoms with Crippen molar-refractivity contribution in [3.05, 3.63) is 45.3 Å². The van der Waals surface area contributed by atoms with Crippen LogP contribution in [-0.2, 0) is 11.3 Å². The number of carbonyl (C=O) groups excluding carboxylic acids is 1. The average molecular weight is 361 g/mol. The molecule has 2 aromatic rings. The van der Waals surface area contributed by atoms with Crippen molar-refractivity contribution in [2.24, 2.45) is 5.41 Å². The first kappa shape index (κ1) is 16.6. The molecule has 1 amide bonds. The fourth-order valence-electron chi connectivity index (χ4n) is 4.04. The van der Waals surface area contributed by atoms with Crippen LogP contribution in [0.1, 0.15) is 31.2 Å². The van der Waals surface area contributed by atoms with E-state index in [1.54, 1.807) is 24.5 Å². The van der Waals surface area contributed by atoms with Gasteiger partial charge in [-0.15, -0.1) is 0 Å². The highest BCUT2D eigenvalue weighted by atomic mass is 35.5. The van der Waals surface area contributed by atoms with Crippen LogP contribution in [0.4, 0.5) is 0 Å². The van der Waals surface area contributed by atoms with Crippen LogP contribution in [0.2, 0.25) is 5.02 Å². The van der Waals surface area contributed by atoms with Crippen molar-refractivity contribution in [1.82, 2.24) is 10.2 Å². The third kappa shape index (κ3) is 3.07. The van der Waals surface area contributed by atoms with Crippen LogP contribution in [0.15, 0.2) is 33.7 Å². The molecule has 0 radical (unpaired) electrons. The van der Waals surface area contributed by atoms with Gasteiger partial charge in [-0.2, -0.15) is 0 Å². The van der Waals surface area contributed by atoms with E-state index in [2.05, 4.69) is 10.2 Å². The number of fused-ring (bicyclic) bond motifs is 1. The summed E-state index contributed by atoms with van der Waals surface area (Å²) in [5.74, 6) is 0.207. The van der Waals surface area contributed by atoms with Gasteiger partial charge < -0.3 is 9.73 Å². The Morgan fingerprint density at radius 2 is 2.00 bits per heavy atom. The van der Waals surface area contributed by atoms with E-state index < -0.39 is 0 Å². The second kappa shape index (κ2) is 6.46. The predicted molar refractivity (Wildman–Crippen MR) is 96.7 cm³/mol. The summed E-state index contributed by atoms with van der Waals surface area (Å²) in [6, 6.07) is 5.09. The number of nitrogens with one attached hydrogen (secondary N) is 1. The lowest BCUT2D eigenvalue weighted by Gasteiger charge is -2.42. The molecule has 0 saturated carbocycles. The first-order valence-corrected chi connectivity index (χ1v) is 9.16. The van der Waals surface area contributed by atoms with E-state index in [9.17, 15) is 9.59 Å². The zero-order valence-corrected chi connectivity index (χ0v) is 14.8. The Bertz CT molecular complexity index is 869. The molecular weight excluding hydrogens is 340 g/mol. The number of carbonyl (C=O) groups is 1. The van der Waals surface area contributed by atoms with Crippen molar-refractivity contribution in [1.29, 1.82) is 0 Å². The molecule has 2 saturated heterocycles. The molecule has 4 rings (SSSR count). The number of piperidine rings is 2. The Balaban J connectivity index is 1.50. The van der Waals surface area contributed by atoms with Gasteiger partial charge in [0.15, 0.2) is 5.43 Å². The molecule has 2 fully saturated rings. The first-order chi connectivity index (χ1) is 12.1. The van der Waals surface area contributed by atoms with Crippen LogP contribution in [0.3, 0.4) is 0 Å². The fourth-order valence-corrected chi connectivity index (χ4v) is 4.21. The number of likely N-dealkylation sites (tertiary alicyclic amines) is 1. The summed E-state index contributed by atoms with van der Waals surface area (Å²) in [5.41, 5.74) is 0.962. The zero-order valence-electron chi connectivity index (χ0n) is 14.0. The lowest BCUT2D eigenvalue weighted by molar-refractivity contribution is -0.136. The maximum atomic E-state index is 12.7. The topological polar surface area (TPSA) is 62.6 Å². The van der Waals surface area contributed by atoms with E-state index in [4.69, 9.17) is 16.0 Å². The molecule has 132 valence electrons. The lowest BCUT2D eigenvalue weighted by atomic mass is 9.72. The second-order valence-electron chi connectivity index (χ2n) is 7.15. The molecule has 1 spiro atoms. The molecule has 1 aromatic heterocycles. The largest absolute Gasteiger partial charge is 0.464 e. The molecule has 3 heterocycles. The Hall–Kier alpha value is -1.85. The van der Waals surface area contributed by atoms with E-state index in [-0.39, 0.29) is 16.8 Å². The van der Waals surface area contributed by atoms with Crippen LogP contribution in [-0.4, -0.2) is 30.4 Å². The van der Waals surface area contributed by atoms with Gasteiger partial charge in [0.25, 0.3) is 0 Å². The number of hydrogen-bond donors (Lipinski definition) is 1. The highest BCUT2D eigenvalue weighted by molar-refractivity contribution is 6.31. The highest BCUT2D eigenvalue weighted by Gasteiger charge is 2.42. The normalized spacial score (nSPS) is 20.8. The molecule has 2 aliphatic rings. The minimum Gasteiger partial charge on any atom is -0.464 e. The molecule has 0 bridgehead atoms. The third-order valence-electron chi connectivity index (χ3n) is 5.61. The monoisotopic (exact) mass is 360 g/mol. The highest BCUT2D eigenvalue weighted by Crippen LogP contribution is 2.38. The quantitative estimate of drug-likeness (QED) is 0.894. The van der Waals surface area contributed by atoms with Crippen LogP contribution >= 0.6 is 11.6 Å². The molecular formula is C19H21ClN2O3. The smallest absolute Gasteiger partial charge is 0.226 e. The lowest BCUT2D eigenvalue weighted by Crippen LogP contribution is -2.51. The van der Waals surface area contributed by atoms with Gasteiger partial charge in [-0.25, -0.2) is 0 Å². The number of rotatable bonds is 2. The van der Waals surface area contributed by atoms with Gasteiger partial charge >= 0.3 is 0 Å². The van der Waals surface area contributed by atoms with Crippen LogP contribution in [0, 0.1) is 5.41 Å². The SMILES string of the molecule is O=C1NCCCC12CCN(Cc1coc3ccc(Cl)cc3c1=O)CC2. The summed E-state index contributed by atoms with van der Waals surface area (Å²) in [6.07, 6.45) is 5.29. The molecule has 1 N–H and O–H groups in total. The van der Waals surface area contributed by atoms with E-state index in [0.717, 1.165) is 45.3 Å². The summed E-state index contributed by atoms with van der Waals surface area (Å²) < 4.78 is 5.60. The zero-order chi connectivity index (χ0) is 17.4. The second-order valence-corrected chi connectivity index (χ2v) is 7.58. The Morgan fingerprint density at radius 1 is 1.20 bits per heavy atom. The number of nitrogens with zero attached hydrogens (tertiary/aromatic N) is 1. The molecule has 25 heavy (non-hydrogen) atoms. The minimum atomic E-state index is -0.198. The molecule has 5 nitrogen and oxygen atoms in total. The van der Waals surface area contributed by atoms with Gasteiger partial charge in [-0.05, 0) is 57.0 Å². The first-order valence-electron chi connectivity index (χ1n) is 8.78. The van der Waals surface area contributed by atoms with Gasteiger partial charge in [0, 0.05) is 23.7 Å². The van der Waals surface area contributed by atoms with Crippen molar-refractivity contribution in [3.8, 4) is 0 Å². The van der Waals surface area contributed by atoms with E-state index in [1.165, 1.54) is 0 Å². The molecule has 0 aliphatic carbocycles. The molecule has 6 heteroatoms. The molecule has 1 aromatic carbocycles. The number of amides is 1. The van der Waals surface area contributed by atoms with E-state index in [0.29, 0.717) is 28.1 Å². The van der Waals surface area contributed by atoms with Crippen molar-refractivity contribution >= 4 is 28.5 Å². The Labute approximate surface area is 150 Å². The number of benzene rings is 1. The standard InChI is InChI=1S/C19H21ClN2O3/c20-14-2-3-16-15(10-14)17(23)13(12-25-16)11-22-8-5-19(6-9-22)4-1-7-21-18(19)24/h2-3,10,12H,1,4-9,11H2,(H,21,24). The van der Waals surface area contributed by atoms with Crippen LogP contribution in [0.5, 0.6) is 0 Å². The Kier molecular flexibility index (Phi) is 4.29. The minimum absolute atomic E-state index is 0.0283. The number of hydrogen-bond acceptors (Lipinski definition) is 4. The van der Waals surface area contributed by atoms with Crippen molar-refractivity contribution in [3.63, 3.8) is 0 Å². The average Bonchev–Trinajstić information content (AvgIpc) is 2.62. The summed E-state index contributed by atoms with van der Waals surface area (Å²) in [7, 11) is 0. The van der Waals surface area contributed by atoms with Gasteiger partial charge in [0.2, 0.25) is 5.91 Å². The summed E-state index contributed by atoms with van der Waals surface area (Å²) in [5, 5.41) is 4.05. The molecule has 0 atom stereocenters. The summed E-state index contributed by atoms with van der Waals surface area (Å²) >= 11 is 6.00. The molecule has 2 aliphatic heterocycles. The maximum absolute atomic E-state index is 12.7. The van der Waals surface area contributed by atoms with Gasteiger partial charge in [0.05, 0.1) is 17.1 Å². The Morgan fingerprint density at radius 3 is 2.76 bits per heavy atom. The van der Waals surface area contributed by atoms with E-state index in [1.807, 2.05) is 0 Å². The number of halogens is 1. The predicted octanol–water partition coefficient (Wildman–Crippen LogP) is 2.94. The van der Waals surface area contributed by atoms with Gasteiger partial charge in [0.1, 0.15) is 5.58 Å². The third-order valence-corrected chi connectivity index (χ3v) is 5.85. The van der Waals surface area contributed by atoms with Crippen molar-refractivity contribution in [2.75, 3.05) is 19.6 Å². The van der Waals surface area contributed by atoms with Gasteiger partial charge in [-0.3, -0.25) is 14.5 Å². The van der Waals surface area contributed by atoms with Crippen LogP contribution in [0.25, 0.3) is 11.0 Å². The van der Waals surface area contributed by atoms with Crippen LogP contribution < -0.4 is 10.7 Å². The maximum Gasteiger partial charge on any atom is 0.226 e. The summed E-state index contributed by atoms with van der Waals surface area (Å²) in [6.45, 7) is 2.98. The van der Waals surface area contributed by atoms with E-state index >= 15 is 0 Å². The molecule has 0 unspecified atom stereocenters. The van der Waals surface area contributed by atoms with Crippen molar-refractivity contribution in [2.45, 2.75) is 32.2 Å². The van der Waals surface area contributed by atoms with Crippen molar-refractivity contribution < 1.29 is 9.21 Å².